The second-order valence-corrected chi connectivity index (χ2v) is 6.36. The van der Waals surface area contributed by atoms with Crippen LogP contribution in [-0.4, -0.2) is 21.8 Å². The lowest BCUT2D eigenvalue weighted by Gasteiger charge is -2.09. The van der Waals surface area contributed by atoms with Gasteiger partial charge in [-0.25, -0.2) is 9.98 Å². The smallest absolute Gasteiger partial charge is 0.199 e. The van der Waals surface area contributed by atoms with Crippen molar-refractivity contribution in [1.82, 2.24) is 9.55 Å². The normalized spacial score (nSPS) is 11.5. The fourth-order valence-corrected chi connectivity index (χ4v) is 2.73. The number of anilines is 1. The second-order valence-electron chi connectivity index (χ2n) is 5.95. The number of hydrogen-bond donors (Lipinski definition) is 2. The van der Waals surface area contributed by atoms with Crippen LogP contribution < -0.4 is 11.1 Å². The van der Waals surface area contributed by atoms with Gasteiger partial charge >= 0.3 is 0 Å². The molecule has 0 aliphatic carbocycles. The van der Waals surface area contributed by atoms with Crippen LogP contribution in [-0.2, 0) is 6.54 Å². The van der Waals surface area contributed by atoms with Crippen LogP contribution in [0.25, 0.3) is 5.69 Å². The Hall–Kier alpha value is -3.63. The number of nitriles is 1. The van der Waals surface area contributed by atoms with Gasteiger partial charge in [0.2, 0.25) is 0 Å². The van der Waals surface area contributed by atoms with E-state index >= 15 is 0 Å². The number of imidazole rings is 1. The molecule has 0 amide bonds. The Bertz CT molecular complexity index is 1080. The highest BCUT2D eigenvalue weighted by molar-refractivity contribution is 6.31. The molecule has 0 spiro atoms. The van der Waals surface area contributed by atoms with Crippen LogP contribution in [0.2, 0.25) is 5.02 Å². The molecular formula is C20H18ClN7. The highest BCUT2D eigenvalue weighted by atomic mass is 35.5. The number of aromatic nitrogens is 2. The Morgan fingerprint density at radius 2 is 2.18 bits per heavy atom. The molecular weight excluding hydrogens is 374 g/mol. The van der Waals surface area contributed by atoms with E-state index in [1.807, 2.05) is 49.5 Å². The maximum Gasteiger partial charge on any atom is 0.199 e. The van der Waals surface area contributed by atoms with E-state index in [1.165, 1.54) is 6.34 Å². The summed E-state index contributed by atoms with van der Waals surface area (Å²) >= 11 is 6.08. The van der Waals surface area contributed by atoms with Crippen LogP contribution in [0, 0.1) is 18.3 Å². The van der Waals surface area contributed by atoms with Gasteiger partial charge in [0.25, 0.3) is 0 Å². The number of benzene rings is 2. The first-order valence-corrected chi connectivity index (χ1v) is 8.81. The minimum atomic E-state index is 0.165. The van der Waals surface area contributed by atoms with Crippen molar-refractivity contribution in [3.63, 3.8) is 0 Å². The minimum Gasteiger partial charge on any atom is -0.369 e. The van der Waals surface area contributed by atoms with Crippen LogP contribution in [0.1, 0.15) is 16.8 Å². The molecule has 3 aromatic rings. The predicted molar refractivity (Wildman–Crippen MR) is 112 cm³/mol. The molecule has 0 bridgehead atoms. The molecule has 0 aliphatic rings. The van der Waals surface area contributed by atoms with Gasteiger partial charge in [0, 0.05) is 16.9 Å². The molecule has 140 valence electrons. The zero-order chi connectivity index (χ0) is 19.9. The predicted octanol–water partition coefficient (Wildman–Crippen LogP) is 3.66. The Balaban J connectivity index is 1.67. The average Bonchev–Trinajstić information content (AvgIpc) is 3.12. The molecule has 3 N–H and O–H groups in total. The highest BCUT2D eigenvalue weighted by Gasteiger charge is 2.07. The molecule has 0 fully saturated rings. The van der Waals surface area contributed by atoms with E-state index < -0.39 is 0 Å². The van der Waals surface area contributed by atoms with Crippen molar-refractivity contribution in [2.75, 3.05) is 5.32 Å². The first kappa shape index (κ1) is 19.1. The molecule has 0 radical (unpaired) electrons. The minimum absolute atomic E-state index is 0.165. The van der Waals surface area contributed by atoms with Crippen molar-refractivity contribution >= 4 is 29.6 Å². The number of aryl methyl sites for hydroxylation is 1. The third-order valence-corrected chi connectivity index (χ3v) is 4.25. The van der Waals surface area contributed by atoms with Crippen molar-refractivity contribution in [2.45, 2.75) is 13.5 Å². The standard InChI is InChI=1S/C20H18ClN7/c1-14-11-28(13-26-14)19-7-6-17(8-16(19)9-22)27-20(23)25-12-24-10-15-4-2-3-5-18(15)21/h2-8,11-13H,10H2,1H3,(H3,23,24,25,27). The molecule has 0 saturated carbocycles. The maximum atomic E-state index is 9.44. The zero-order valence-corrected chi connectivity index (χ0v) is 15.9. The SMILES string of the molecule is Cc1cn(-c2ccc(NC(N)=NC=NCc3ccccc3Cl)cc2C#N)cn1. The molecule has 0 unspecified atom stereocenters. The third-order valence-electron chi connectivity index (χ3n) is 3.88. The monoisotopic (exact) mass is 391 g/mol. The van der Waals surface area contributed by atoms with Gasteiger partial charge < -0.3 is 15.6 Å². The highest BCUT2D eigenvalue weighted by Crippen LogP contribution is 2.19. The van der Waals surface area contributed by atoms with E-state index in [1.54, 1.807) is 17.0 Å². The molecule has 3 rings (SSSR count). The van der Waals surface area contributed by atoms with Gasteiger partial charge in [0.05, 0.1) is 29.8 Å². The first-order valence-electron chi connectivity index (χ1n) is 8.44. The number of nitrogens with one attached hydrogen (secondary N) is 1. The van der Waals surface area contributed by atoms with Crippen molar-refractivity contribution in [3.8, 4) is 11.8 Å². The summed E-state index contributed by atoms with van der Waals surface area (Å²) in [4.78, 5) is 12.4. The van der Waals surface area contributed by atoms with Gasteiger partial charge in [-0.15, -0.1) is 0 Å². The Morgan fingerprint density at radius 1 is 1.36 bits per heavy atom. The Morgan fingerprint density at radius 3 is 2.89 bits per heavy atom. The summed E-state index contributed by atoms with van der Waals surface area (Å²) in [5.41, 5.74) is 9.55. The van der Waals surface area contributed by atoms with Crippen molar-refractivity contribution < 1.29 is 0 Å². The number of guanidine groups is 1. The molecule has 0 saturated heterocycles. The number of rotatable bonds is 5. The van der Waals surface area contributed by atoms with Crippen LogP contribution in [0.5, 0.6) is 0 Å². The molecule has 1 aromatic heterocycles. The van der Waals surface area contributed by atoms with Gasteiger partial charge in [-0.3, -0.25) is 4.99 Å². The summed E-state index contributed by atoms with van der Waals surface area (Å²) in [6.07, 6.45) is 4.90. The van der Waals surface area contributed by atoms with Crippen molar-refractivity contribution in [3.05, 3.63) is 76.8 Å². The lowest BCUT2D eigenvalue weighted by atomic mass is 10.1. The Kier molecular flexibility index (Phi) is 6.04. The van der Waals surface area contributed by atoms with E-state index in [0.717, 1.165) is 16.9 Å². The number of halogens is 1. The summed E-state index contributed by atoms with van der Waals surface area (Å²) in [6, 6.07) is 15.0. The zero-order valence-electron chi connectivity index (χ0n) is 15.2. The Labute approximate surface area is 167 Å². The summed E-state index contributed by atoms with van der Waals surface area (Å²) < 4.78 is 1.80. The van der Waals surface area contributed by atoms with Gasteiger partial charge in [0.1, 0.15) is 12.4 Å². The van der Waals surface area contributed by atoms with Crippen LogP contribution in [0.3, 0.4) is 0 Å². The number of nitrogens with zero attached hydrogens (tertiary/aromatic N) is 5. The summed E-state index contributed by atoms with van der Waals surface area (Å²) in [5, 5.41) is 13.0. The van der Waals surface area contributed by atoms with Crippen LogP contribution in [0.15, 0.2) is 65.0 Å². The van der Waals surface area contributed by atoms with Crippen LogP contribution in [0.4, 0.5) is 5.69 Å². The molecule has 1 heterocycles. The fraction of sp³-hybridized carbons (Fsp3) is 0.100. The summed E-state index contributed by atoms with van der Waals surface area (Å²) in [5.74, 6) is 0.165. The lowest BCUT2D eigenvalue weighted by Crippen LogP contribution is -2.22. The molecule has 28 heavy (non-hydrogen) atoms. The molecule has 8 heteroatoms. The topological polar surface area (TPSA) is 104 Å². The lowest BCUT2D eigenvalue weighted by molar-refractivity contribution is 1.05. The average molecular weight is 392 g/mol. The van der Waals surface area contributed by atoms with Gasteiger partial charge in [-0.2, -0.15) is 5.26 Å². The van der Waals surface area contributed by atoms with E-state index in [0.29, 0.717) is 22.8 Å². The van der Waals surface area contributed by atoms with Gasteiger partial charge in [-0.1, -0.05) is 29.8 Å². The van der Waals surface area contributed by atoms with E-state index in [9.17, 15) is 5.26 Å². The largest absolute Gasteiger partial charge is 0.369 e. The molecule has 0 atom stereocenters. The van der Waals surface area contributed by atoms with E-state index in [2.05, 4.69) is 26.4 Å². The second kappa shape index (κ2) is 8.84. The number of nitrogens with two attached hydrogens (primary N) is 1. The summed E-state index contributed by atoms with van der Waals surface area (Å²) in [6.45, 7) is 2.30. The number of hydrogen-bond acceptors (Lipinski definition) is 3. The van der Waals surface area contributed by atoms with E-state index in [-0.39, 0.29) is 5.96 Å². The molecule has 7 nitrogen and oxygen atoms in total. The maximum absolute atomic E-state index is 9.44. The first-order chi connectivity index (χ1) is 13.6. The van der Waals surface area contributed by atoms with E-state index in [4.69, 9.17) is 17.3 Å². The number of aliphatic imine (C=N–C) groups is 2. The third kappa shape index (κ3) is 4.75. The summed E-state index contributed by atoms with van der Waals surface area (Å²) in [7, 11) is 0. The van der Waals surface area contributed by atoms with Gasteiger partial charge in [-0.05, 0) is 36.8 Å². The van der Waals surface area contributed by atoms with Crippen molar-refractivity contribution in [2.24, 2.45) is 15.7 Å². The molecule has 2 aromatic carbocycles. The quantitative estimate of drug-likeness (QED) is 0.511. The van der Waals surface area contributed by atoms with Gasteiger partial charge in [0.15, 0.2) is 5.96 Å². The fourth-order valence-electron chi connectivity index (χ4n) is 2.53. The molecule has 0 aliphatic heterocycles. The van der Waals surface area contributed by atoms with Crippen LogP contribution >= 0.6 is 11.6 Å². The van der Waals surface area contributed by atoms with Crippen molar-refractivity contribution in [1.29, 1.82) is 5.26 Å².